The molecule has 3 heterocycles. The van der Waals surface area contributed by atoms with Crippen LogP contribution < -0.4 is 4.74 Å². The Morgan fingerprint density at radius 2 is 2.00 bits per heavy atom. The quantitative estimate of drug-likeness (QED) is 0.824. The number of carbonyl (C=O) groups is 1. The summed E-state index contributed by atoms with van der Waals surface area (Å²) >= 11 is 0. The van der Waals surface area contributed by atoms with Gasteiger partial charge >= 0.3 is 6.09 Å². The highest BCUT2D eigenvalue weighted by atomic mass is 16.7. The normalized spacial score (nSPS) is 18.1. The maximum atomic E-state index is 11.9. The van der Waals surface area contributed by atoms with E-state index in [2.05, 4.69) is 16.0 Å². The molecule has 1 saturated heterocycles. The molecule has 0 radical (unpaired) electrons. The predicted octanol–water partition coefficient (Wildman–Crippen LogP) is 3.00. The van der Waals surface area contributed by atoms with Crippen LogP contribution in [0.4, 0.5) is 4.79 Å². The Morgan fingerprint density at radius 3 is 2.73 bits per heavy atom. The summed E-state index contributed by atoms with van der Waals surface area (Å²) in [6.07, 6.45) is 6.06. The zero-order valence-electron chi connectivity index (χ0n) is 14.7. The third-order valence-electron chi connectivity index (χ3n) is 4.79. The second kappa shape index (κ2) is 6.92. The molecule has 0 saturated carbocycles. The SMILES string of the molecule is CCOC(=O)N1CCC2(CC1)OCc1cc(-c3cncnc3)ccc1O2. The van der Waals surface area contributed by atoms with Crippen molar-refractivity contribution < 1.29 is 19.0 Å². The van der Waals surface area contributed by atoms with Gasteiger partial charge in [0.05, 0.1) is 13.2 Å². The number of likely N-dealkylation sites (tertiary alicyclic amines) is 1. The van der Waals surface area contributed by atoms with Crippen LogP contribution in [-0.2, 0) is 16.1 Å². The fourth-order valence-electron chi connectivity index (χ4n) is 3.35. The maximum Gasteiger partial charge on any atom is 0.409 e. The van der Waals surface area contributed by atoms with E-state index in [1.54, 1.807) is 17.3 Å². The van der Waals surface area contributed by atoms with Crippen molar-refractivity contribution in [2.45, 2.75) is 32.2 Å². The van der Waals surface area contributed by atoms with E-state index >= 15 is 0 Å². The van der Waals surface area contributed by atoms with Gasteiger partial charge in [-0.2, -0.15) is 0 Å². The van der Waals surface area contributed by atoms with Crippen molar-refractivity contribution in [3.05, 3.63) is 42.5 Å². The standard InChI is InChI=1S/C19H21N3O4/c1-2-24-18(23)22-7-5-19(6-8-22)25-12-15-9-14(3-4-17(15)26-19)16-10-20-13-21-11-16/h3-4,9-11,13H,2,5-8,12H2,1H3. The van der Waals surface area contributed by atoms with Crippen molar-refractivity contribution >= 4 is 6.09 Å². The number of rotatable bonds is 2. The lowest BCUT2D eigenvalue weighted by Gasteiger charge is -2.43. The topological polar surface area (TPSA) is 73.8 Å². The number of benzene rings is 1. The second-order valence-corrected chi connectivity index (χ2v) is 6.44. The van der Waals surface area contributed by atoms with E-state index < -0.39 is 5.79 Å². The van der Waals surface area contributed by atoms with Gasteiger partial charge in [-0.3, -0.25) is 0 Å². The highest BCUT2D eigenvalue weighted by molar-refractivity contribution is 5.67. The minimum Gasteiger partial charge on any atom is -0.462 e. The second-order valence-electron chi connectivity index (χ2n) is 6.44. The Bertz CT molecular complexity index is 789. The lowest BCUT2D eigenvalue weighted by molar-refractivity contribution is -0.226. The molecule has 4 rings (SSSR count). The average Bonchev–Trinajstić information content (AvgIpc) is 2.69. The van der Waals surface area contributed by atoms with Crippen LogP contribution in [0.25, 0.3) is 11.1 Å². The first-order chi connectivity index (χ1) is 12.7. The minimum absolute atomic E-state index is 0.270. The van der Waals surface area contributed by atoms with E-state index in [0.717, 1.165) is 22.4 Å². The van der Waals surface area contributed by atoms with Crippen LogP contribution in [0.3, 0.4) is 0 Å². The summed E-state index contributed by atoms with van der Waals surface area (Å²) in [5.74, 6) is 0.175. The lowest BCUT2D eigenvalue weighted by Crippen LogP contribution is -2.52. The molecule has 0 N–H and O–H groups in total. The molecule has 26 heavy (non-hydrogen) atoms. The predicted molar refractivity (Wildman–Crippen MR) is 93.4 cm³/mol. The van der Waals surface area contributed by atoms with Gasteiger partial charge in [-0.25, -0.2) is 14.8 Å². The molecular formula is C19H21N3O4. The molecule has 1 fully saturated rings. The van der Waals surface area contributed by atoms with Gasteiger partial charge in [0.25, 0.3) is 0 Å². The van der Waals surface area contributed by atoms with Gasteiger partial charge in [0.2, 0.25) is 5.79 Å². The zero-order chi connectivity index (χ0) is 18.0. The van der Waals surface area contributed by atoms with Gasteiger partial charge < -0.3 is 19.1 Å². The number of ether oxygens (including phenoxy) is 3. The fourth-order valence-corrected chi connectivity index (χ4v) is 3.35. The Morgan fingerprint density at radius 1 is 1.23 bits per heavy atom. The molecule has 2 aliphatic rings. The molecule has 2 aliphatic heterocycles. The summed E-state index contributed by atoms with van der Waals surface area (Å²) in [6, 6.07) is 6.03. The van der Waals surface area contributed by atoms with Crippen molar-refractivity contribution in [3.8, 4) is 16.9 Å². The van der Waals surface area contributed by atoms with Crippen LogP contribution in [0.15, 0.2) is 36.9 Å². The van der Waals surface area contributed by atoms with Crippen LogP contribution in [-0.4, -0.2) is 46.4 Å². The summed E-state index contributed by atoms with van der Waals surface area (Å²) < 4.78 is 17.4. The number of aromatic nitrogens is 2. The summed E-state index contributed by atoms with van der Waals surface area (Å²) in [5, 5.41) is 0. The molecule has 7 nitrogen and oxygen atoms in total. The smallest absolute Gasteiger partial charge is 0.409 e. The monoisotopic (exact) mass is 355 g/mol. The van der Waals surface area contributed by atoms with E-state index in [1.165, 1.54) is 6.33 Å². The molecule has 2 aromatic rings. The third kappa shape index (κ3) is 3.22. The van der Waals surface area contributed by atoms with Crippen LogP contribution >= 0.6 is 0 Å². The van der Waals surface area contributed by atoms with Crippen LogP contribution in [0.5, 0.6) is 5.75 Å². The van der Waals surface area contributed by atoms with Crippen molar-refractivity contribution in [1.82, 2.24) is 14.9 Å². The number of hydrogen-bond donors (Lipinski definition) is 0. The Balaban J connectivity index is 1.46. The largest absolute Gasteiger partial charge is 0.462 e. The van der Waals surface area contributed by atoms with Gasteiger partial charge in [-0.1, -0.05) is 6.07 Å². The van der Waals surface area contributed by atoms with Gasteiger partial charge in [0.15, 0.2) is 0 Å². The minimum atomic E-state index is -0.659. The Hall–Kier alpha value is -2.67. The number of hydrogen-bond acceptors (Lipinski definition) is 6. The van der Waals surface area contributed by atoms with Crippen LogP contribution in [0.1, 0.15) is 25.3 Å². The molecule has 1 aromatic carbocycles. The Kier molecular flexibility index (Phi) is 4.46. The highest BCUT2D eigenvalue weighted by Gasteiger charge is 2.42. The molecule has 136 valence electrons. The van der Waals surface area contributed by atoms with E-state index in [-0.39, 0.29) is 6.09 Å². The number of fused-ring (bicyclic) bond motifs is 1. The first-order valence-corrected chi connectivity index (χ1v) is 8.82. The third-order valence-corrected chi connectivity index (χ3v) is 4.79. The summed E-state index contributed by atoms with van der Waals surface area (Å²) in [5.41, 5.74) is 2.99. The first-order valence-electron chi connectivity index (χ1n) is 8.82. The number of piperidine rings is 1. The van der Waals surface area contributed by atoms with E-state index in [0.29, 0.717) is 39.1 Å². The van der Waals surface area contributed by atoms with Crippen molar-refractivity contribution in [1.29, 1.82) is 0 Å². The van der Waals surface area contributed by atoms with Gasteiger partial charge in [0, 0.05) is 49.5 Å². The molecule has 0 aliphatic carbocycles. The van der Waals surface area contributed by atoms with Crippen molar-refractivity contribution in [2.24, 2.45) is 0 Å². The molecule has 0 atom stereocenters. The van der Waals surface area contributed by atoms with Crippen molar-refractivity contribution in [3.63, 3.8) is 0 Å². The number of amides is 1. The summed E-state index contributed by atoms with van der Waals surface area (Å²) in [4.78, 5) is 21.7. The van der Waals surface area contributed by atoms with Gasteiger partial charge in [-0.05, 0) is 24.6 Å². The number of nitrogens with zero attached hydrogens (tertiary/aromatic N) is 3. The molecule has 0 bridgehead atoms. The number of carbonyl (C=O) groups excluding carboxylic acids is 1. The summed E-state index contributed by atoms with van der Waals surface area (Å²) in [7, 11) is 0. The Labute approximate surface area is 151 Å². The average molecular weight is 355 g/mol. The lowest BCUT2D eigenvalue weighted by atomic mass is 10.00. The molecule has 1 aromatic heterocycles. The van der Waals surface area contributed by atoms with Crippen LogP contribution in [0.2, 0.25) is 0 Å². The van der Waals surface area contributed by atoms with Crippen LogP contribution in [0, 0.1) is 0 Å². The molecule has 0 unspecified atom stereocenters. The molecule has 7 heteroatoms. The van der Waals surface area contributed by atoms with Gasteiger partial charge in [-0.15, -0.1) is 0 Å². The zero-order valence-corrected chi connectivity index (χ0v) is 14.7. The van der Waals surface area contributed by atoms with E-state index in [9.17, 15) is 4.79 Å². The van der Waals surface area contributed by atoms with Gasteiger partial charge in [0.1, 0.15) is 12.1 Å². The molecule has 1 amide bonds. The molecule has 1 spiro atoms. The van der Waals surface area contributed by atoms with E-state index in [4.69, 9.17) is 14.2 Å². The van der Waals surface area contributed by atoms with E-state index in [1.807, 2.05) is 19.1 Å². The summed E-state index contributed by atoms with van der Waals surface area (Å²) in [6.45, 7) is 3.80. The fraction of sp³-hybridized carbons (Fsp3) is 0.421. The van der Waals surface area contributed by atoms with Crippen molar-refractivity contribution in [2.75, 3.05) is 19.7 Å². The first kappa shape index (κ1) is 16.8. The maximum absolute atomic E-state index is 11.9. The highest BCUT2D eigenvalue weighted by Crippen LogP contribution is 2.39. The molecular weight excluding hydrogens is 334 g/mol.